The van der Waals surface area contributed by atoms with E-state index in [1.807, 2.05) is 60.7 Å². The van der Waals surface area contributed by atoms with Crippen molar-refractivity contribution in [1.82, 2.24) is 15.0 Å². The molecule has 0 aliphatic rings. The monoisotopic (exact) mass is 701 g/mol. The fraction of sp³-hybridized carbons (Fsp3) is 0. The van der Waals surface area contributed by atoms with Crippen molar-refractivity contribution in [3.8, 4) is 56.4 Å². The SMILES string of the molecule is c1ccc(-c2nc(-c3ccccc3)nc(-c3ccc(-c4c(-c5cccc6ccccc56)ccc5oc6cc7ccccc7cc6c45)c4ccccc34)n2)cc1. The zero-order valence-corrected chi connectivity index (χ0v) is 29.6. The average Bonchev–Trinajstić information content (AvgIpc) is 3.62. The molecule has 0 aliphatic carbocycles. The number of aromatic nitrogens is 3. The maximum absolute atomic E-state index is 6.69. The standard InChI is InChI=1S/C51H31N3O/c1-3-15-33(16-4-1)49-52-50(34-17-5-2-6-18-34)54-51(53-49)43-27-26-41(39-23-11-12-24-40(39)43)47-42(38-25-13-21-32-14-9-10-22-37(32)38)28-29-45-48(47)44-30-35-19-7-8-20-36(35)31-46(44)55-45/h1-31H. The molecule has 0 saturated carbocycles. The van der Waals surface area contributed by atoms with Gasteiger partial charge in [0.2, 0.25) is 0 Å². The van der Waals surface area contributed by atoms with Crippen LogP contribution >= 0.6 is 0 Å². The second kappa shape index (κ2) is 12.6. The number of furan rings is 1. The van der Waals surface area contributed by atoms with E-state index in [0.717, 1.165) is 71.5 Å². The number of rotatable bonds is 5. The van der Waals surface area contributed by atoms with Crippen molar-refractivity contribution < 1.29 is 4.42 Å². The molecule has 256 valence electrons. The molecular formula is C51H31N3O. The van der Waals surface area contributed by atoms with Gasteiger partial charge in [-0.25, -0.2) is 15.0 Å². The Balaban J connectivity index is 1.22. The van der Waals surface area contributed by atoms with Gasteiger partial charge in [0.1, 0.15) is 11.2 Å². The Bertz CT molecular complexity index is 3200. The third-order valence-corrected chi connectivity index (χ3v) is 10.7. The summed E-state index contributed by atoms with van der Waals surface area (Å²) in [7, 11) is 0. The van der Waals surface area contributed by atoms with Crippen LogP contribution in [0.15, 0.2) is 192 Å². The van der Waals surface area contributed by atoms with Gasteiger partial charge in [0.05, 0.1) is 0 Å². The average molecular weight is 702 g/mol. The van der Waals surface area contributed by atoms with Crippen LogP contribution in [0.1, 0.15) is 0 Å². The van der Waals surface area contributed by atoms with Crippen molar-refractivity contribution >= 4 is 54.3 Å². The first kappa shape index (κ1) is 31.1. The molecule has 9 aromatic carbocycles. The van der Waals surface area contributed by atoms with E-state index in [2.05, 4.69) is 127 Å². The topological polar surface area (TPSA) is 51.8 Å². The van der Waals surface area contributed by atoms with Crippen LogP contribution in [0.2, 0.25) is 0 Å². The van der Waals surface area contributed by atoms with Crippen LogP contribution in [0, 0.1) is 0 Å². The van der Waals surface area contributed by atoms with Gasteiger partial charge >= 0.3 is 0 Å². The minimum Gasteiger partial charge on any atom is -0.456 e. The van der Waals surface area contributed by atoms with Gasteiger partial charge < -0.3 is 4.42 Å². The van der Waals surface area contributed by atoms with E-state index >= 15 is 0 Å². The van der Waals surface area contributed by atoms with E-state index in [1.54, 1.807) is 0 Å². The summed E-state index contributed by atoms with van der Waals surface area (Å²) < 4.78 is 6.69. The van der Waals surface area contributed by atoms with Gasteiger partial charge in [0, 0.05) is 33.0 Å². The molecule has 0 spiro atoms. The Kier molecular flexibility index (Phi) is 7.14. The molecule has 55 heavy (non-hydrogen) atoms. The largest absolute Gasteiger partial charge is 0.456 e. The normalized spacial score (nSPS) is 11.6. The lowest BCUT2D eigenvalue weighted by molar-refractivity contribution is 0.669. The number of hydrogen-bond acceptors (Lipinski definition) is 4. The second-order valence-corrected chi connectivity index (χ2v) is 13.9. The zero-order valence-electron chi connectivity index (χ0n) is 29.6. The van der Waals surface area contributed by atoms with Crippen molar-refractivity contribution in [1.29, 1.82) is 0 Å². The summed E-state index contributed by atoms with van der Waals surface area (Å²) in [5, 5.41) is 9.10. The lowest BCUT2D eigenvalue weighted by Gasteiger charge is -2.17. The van der Waals surface area contributed by atoms with E-state index in [0.29, 0.717) is 17.5 Å². The predicted octanol–water partition coefficient (Wildman–Crippen LogP) is 13.6. The van der Waals surface area contributed by atoms with Gasteiger partial charge in [-0.1, -0.05) is 158 Å². The van der Waals surface area contributed by atoms with Crippen molar-refractivity contribution in [3.63, 3.8) is 0 Å². The molecule has 0 atom stereocenters. The molecule has 4 nitrogen and oxygen atoms in total. The van der Waals surface area contributed by atoms with Gasteiger partial charge in [-0.05, 0) is 79.3 Å². The Morgan fingerprint density at radius 1 is 0.309 bits per heavy atom. The number of fused-ring (bicyclic) bond motifs is 6. The summed E-state index contributed by atoms with van der Waals surface area (Å²) in [6.45, 7) is 0. The molecule has 0 N–H and O–H groups in total. The molecule has 0 radical (unpaired) electrons. The molecule has 2 heterocycles. The van der Waals surface area contributed by atoms with Crippen LogP contribution in [0.4, 0.5) is 0 Å². The van der Waals surface area contributed by atoms with Gasteiger partial charge in [-0.15, -0.1) is 0 Å². The van der Waals surface area contributed by atoms with Crippen LogP contribution in [0.25, 0.3) is 111 Å². The highest BCUT2D eigenvalue weighted by Gasteiger charge is 2.23. The van der Waals surface area contributed by atoms with E-state index in [1.165, 1.54) is 21.7 Å². The molecule has 2 aromatic heterocycles. The quantitative estimate of drug-likeness (QED) is 0.179. The molecule has 0 aliphatic heterocycles. The van der Waals surface area contributed by atoms with Crippen LogP contribution < -0.4 is 0 Å². The van der Waals surface area contributed by atoms with Crippen molar-refractivity contribution in [2.75, 3.05) is 0 Å². The third kappa shape index (κ3) is 5.19. The summed E-state index contributed by atoms with van der Waals surface area (Å²) in [4.78, 5) is 15.2. The highest BCUT2D eigenvalue weighted by Crippen LogP contribution is 2.47. The van der Waals surface area contributed by atoms with Crippen LogP contribution in [-0.4, -0.2) is 15.0 Å². The first-order valence-electron chi connectivity index (χ1n) is 18.5. The fourth-order valence-electron chi connectivity index (χ4n) is 8.16. The van der Waals surface area contributed by atoms with Crippen LogP contribution in [0.3, 0.4) is 0 Å². The zero-order chi connectivity index (χ0) is 36.3. The molecule has 0 amide bonds. The molecule has 11 rings (SSSR count). The summed E-state index contributed by atoms with van der Waals surface area (Å²) >= 11 is 0. The summed E-state index contributed by atoms with van der Waals surface area (Å²) in [6, 6.07) is 65.8. The van der Waals surface area contributed by atoms with E-state index in [9.17, 15) is 0 Å². The second-order valence-electron chi connectivity index (χ2n) is 13.9. The lowest BCUT2D eigenvalue weighted by atomic mass is 9.85. The Morgan fingerprint density at radius 3 is 1.55 bits per heavy atom. The van der Waals surface area contributed by atoms with Crippen molar-refractivity contribution in [3.05, 3.63) is 188 Å². The highest BCUT2D eigenvalue weighted by molar-refractivity contribution is 6.22. The smallest absolute Gasteiger partial charge is 0.164 e. The Morgan fingerprint density at radius 2 is 0.836 bits per heavy atom. The molecule has 11 aromatic rings. The van der Waals surface area contributed by atoms with Gasteiger partial charge in [-0.2, -0.15) is 0 Å². The molecular weight excluding hydrogens is 671 g/mol. The molecule has 0 fully saturated rings. The van der Waals surface area contributed by atoms with Crippen LogP contribution in [0.5, 0.6) is 0 Å². The van der Waals surface area contributed by atoms with Crippen molar-refractivity contribution in [2.24, 2.45) is 0 Å². The molecule has 4 heteroatoms. The first-order valence-corrected chi connectivity index (χ1v) is 18.5. The molecule has 0 saturated heterocycles. The summed E-state index contributed by atoms with van der Waals surface area (Å²) in [5.41, 5.74) is 9.13. The summed E-state index contributed by atoms with van der Waals surface area (Å²) in [5.74, 6) is 1.90. The van der Waals surface area contributed by atoms with E-state index in [-0.39, 0.29) is 0 Å². The maximum Gasteiger partial charge on any atom is 0.164 e. The molecule has 0 unspecified atom stereocenters. The minimum atomic E-state index is 0.628. The van der Waals surface area contributed by atoms with E-state index in [4.69, 9.17) is 19.4 Å². The lowest BCUT2D eigenvalue weighted by Crippen LogP contribution is -2.00. The third-order valence-electron chi connectivity index (χ3n) is 10.7. The Labute approximate surface area is 317 Å². The number of hydrogen-bond donors (Lipinski definition) is 0. The first-order chi connectivity index (χ1) is 27.3. The maximum atomic E-state index is 6.69. The predicted molar refractivity (Wildman–Crippen MR) is 227 cm³/mol. The molecule has 0 bridgehead atoms. The van der Waals surface area contributed by atoms with Gasteiger partial charge in [0.15, 0.2) is 17.5 Å². The number of benzene rings is 9. The fourth-order valence-corrected chi connectivity index (χ4v) is 8.16. The Hall–Kier alpha value is -7.43. The van der Waals surface area contributed by atoms with Gasteiger partial charge in [-0.3, -0.25) is 0 Å². The minimum absolute atomic E-state index is 0.628. The summed E-state index contributed by atoms with van der Waals surface area (Å²) in [6.07, 6.45) is 0. The van der Waals surface area contributed by atoms with Crippen LogP contribution in [-0.2, 0) is 0 Å². The number of nitrogens with zero attached hydrogens (tertiary/aromatic N) is 3. The van der Waals surface area contributed by atoms with Gasteiger partial charge in [0.25, 0.3) is 0 Å². The van der Waals surface area contributed by atoms with E-state index < -0.39 is 0 Å². The highest BCUT2D eigenvalue weighted by atomic mass is 16.3. The van der Waals surface area contributed by atoms with Crippen molar-refractivity contribution in [2.45, 2.75) is 0 Å².